The number of carbonyl (C=O) groups is 2. The summed E-state index contributed by atoms with van der Waals surface area (Å²) in [6.07, 6.45) is 3.36. The quantitative estimate of drug-likeness (QED) is 0.580. The minimum atomic E-state index is -0.446. The van der Waals surface area contributed by atoms with Crippen molar-refractivity contribution in [3.05, 3.63) is 71.0 Å². The second-order valence-electron chi connectivity index (χ2n) is 7.52. The van der Waals surface area contributed by atoms with Gasteiger partial charge in [-0.1, -0.05) is 30.3 Å². The lowest BCUT2D eigenvalue weighted by atomic mass is 10.0. The Morgan fingerprint density at radius 1 is 1.10 bits per heavy atom. The SMILES string of the molecule is Cc1cc2occ(CC(=O)OCC(=O)N[C@@H](C)CCc3ccccc3)c2cc1C. The number of furan rings is 1. The highest BCUT2D eigenvalue weighted by Gasteiger charge is 2.15. The Morgan fingerprint density at radius 2 is 1.83 bits per heavy atom. The molecule has 3 aromatic rings. The molecule has 0 unspecified atom stereocenters. The lowest BCUT2D eigenvalue weighted by molar-refractivity contribution is -0.148. The molecule has 152 valence electrons. The molecule has 0 radical (unpaired) electrons. The number of carbonyl (C=O) groups excluding carboxylic acids is 2. The lowest BCUT2D eigenvalue weighted by Gasteiger charge is -2.14. The van der Waals surface area contributed by atoms with Gasteiger partial charge in [0.15, 0.2) is 6.61 Å². The van der Waals surface area contributed by atoms with Crippen LogP contribution in [0.25, 0.3) is 11.0 Å². The number of esters is 1. The molecule has 0 saturated heterocycles. The van der Waals surface area contributed by atoms with Crippen LogP contribution in [0.2, 0.25) is 0 Å². The Kier molecular flexibility index (Phi) is 6.70. The van der Waals surface area contributed by atoms with Crippen LogP contribution in [0.1, 0.15) is 35.6 Å². The molecule has 0 aliphatic rings. The van der Waals surface area contributed by atoms with Crippen molar-refractivity contribution in [2.45, 2.75) is 46.1 Å². The third-order valence-corrected chi connectivity index (χ3v) is 5.09. The topological polar surface area (TPSA) is 68.5 Å². The molecule has 3 rings (SSSR count). The number of rotatable bonds is 8. The summed E-state index contributed by atoms with van der Waals surface area (Å²) in [5, 5.41) is 3.78. The van der Waals surface area contributed by atoms with Gasteiger partial charge in [0.1, 0.15) is 5.58 Å². The van der Waals surface area contributed by atoms with Gasteiger partial charge < -0.3 is 14.5 Å². The van der Waals surface area contributed by atoms with E-state index in [9.17, 15) is 9.59 Å². The number of benzene rings is 2. The molecule has 1 aromatic heterocycles. The molecule has 2 aromatic carbocycles. The molecule has 5 nitrogen and oxygen atoms in total. The summed E-state index contributed by atoms with van der Waals surface area (Å²) in [7, 11) is 0. The molecule has 0 bridgehead atoms. The van der Waals surface area contributed by atoms with Crippen molar-refractivity contribution < 1.29 is 18.7 Å². The van der Waals surface area contributed by atoms with Crippen molar-refractivity contribution in [2.24, 2.45) is 0 Å². The zero-order valence-corrected chi connectivity index (χ0v) is 17.2. The van der Waals surface area contributed by atoms with Crippen LogP contribution in [-0.2, 0) is 27.2 Å². The van der Waals surface area contributed by atoms with E-state index < -0.39 is 5.97 Å². The van der Waals surface area contributed by atoms with Crippen LogP contribution < -0.4 is 5.32 Å². The van der Waals surface area contributed by atoms with Crippen molar-refractivity contribution in [1.82, 2.24) is 5.32 Å². The van der Waals surface area contributed by atoms with E-state index in [0.717, 1.165) is 40.5 Å². The summed E-state index contributed by atoms with van der Waals surface area (Å²) < 4.78 is 10.7. The van der Waals surface area contributed by atoms with E-state index in [1.165, 1.54) is 5.56 Å². The van der Waals surface area contributed by atoms with Gasteiger partial charge in [0.25, 0.3) is 5.91 Å². The molecule has 1 atom stereocenters. The lowest BCUT2D eigenvalue weighted by Crippen LogP contribution is -2.36. The summed E-state index contributed by atoms with van der Waals surface area (Å²) in [5.41, 5.74) is 5.03. The predicted molar refractivity (Wildman–Crippen MR) is 113 cm³/mol. The Bertz CT molecular complexity index is 991. The minimum absolute atomic E-state index is 0.00504. The van der Waals surface area contributed by atoms with Gasteiger partial charge in [0, 0.05) is 17.0 Å². The average Bonchev–Trinajstić information content (AvgIpc) is 3.07. The fraction of sp³-hybridized carbons (Fsp3) is 0.333. The van der Waals surface area contributed by atoms with Crippen LogP contribution in [0, 0.1) is 13.8 Å². The van der Waals surface area contributed by atoms with Crippen molar-refractivity contribution in [3.63, 3.8) is 0 Å². The zero-order valence-electron chi connectivity index (χ0n) is 17.2. The predicted octanol–water partition coefficient (Wildman–Crippen LogP) is 4.27. The number of aryl methyl sites for hydroxylation is 3. The maximum absolute atomic E-state index is 12.2. The molecule has 0 saturated carbocycles. The molecule has 0 aliphatic heterocycles. The van der Waals surface area contributed by atoms with Gasteiger partial charge in [0.2, 0.25) is 0 Å². The van der Waals surface area contributed by atoms with Crippen LogP contribution >= 0.6 is 0 Å². The average molecular weight is 393 g/mol. The normalized spacial score (nSPS) is 12.0. The Balaban J connectivity index is 1.44. The molecule has 0 fully saturated rings. The van der Waals surface area contributed by atoms with Crippen molar-refractivity contribution in [1.29, 1.82) is 0 Å². The standard InChI is InChI=1S/C24H27NO4/c1-16-11-21-20(14-28-22(21)12-17(16)2)13-24(27)29-15-23(26)25-18(3)9-10-19-7-5-4-6-8-19/h4-8,11-12,14,18H,9-10,13,15H2,1-3H3,(H,25,26)/t18-/m0/s1. The molecule has 0 aliphatic carbocycles. The van der Waals surface area contributed by atoms with E-state index >= 15 is 0 Å². The van der Waals surface area contributed by atoms with Crippen LogP contribution in [0.5, 0.6) is 0 Å². The third kappa shape index (κ3) is 5.70. The summed E-state index contributed by atoms with van der Waals surface area (Å²) in [6, 6.07) is 14.1. The first kappa shape index (κ1) is 20.6. The maximum Gasteiger partial charge on any atom is 0.310 e. The van der Waals surface area contributed by atoms with E-state index in [4.69, 9.17) is 9.15 Å². The second kappa shape index (κ2) is 9.41. The second-order valence-corrected chi connectivity index (χ2v) is 7.52. The zero-order chi connectivity index (χ0) is 20.8. The third-order valence-electron chi connectivity index (χ3n) is 5.09. The van der Waals surface area contributed by atoms with Gasteiger partial charge in [0.05, 0.1) is 12.7 Å². The van der Waals surface area contributed by atoms with Gasteiger partial charge in [-0.05, 0) is 62.4 Å². The fourth-order valence-electron chi connectivity index (χ4n) is 3.24. The van der Waals surface area contributed by atoms with E-state index in [0.29, 0.717) is 0 Å². The van der Waals surface area contributed by atoms with Gasteiger partial charge in [-0.25, -0.2) is 0 Å². The number of amides is 1. The molecule has 0 spiro atoms. The number of fused-ring (bicyclic) bond motifs is 1. The Labute approximate surface area is 171 Å². The van der Waals surface area contributed by atoms with Crippen LogP contribution in [-0.4, -0.2) is 24.5 Å². The molecular formula is C24H27NO4. The van der Waals surface area contributed by atoms with Crippen molar-refractivity contribution in [3.8, 4) is 0 Å². The highest BCUT2D eigenvalue weighted by Crippen LogP contribution is 2.25. The Morgan fingerprint density at radius 3 is 2.59 bits per heavy atom. The van der Waals surface area contributed by atoms with E-state index in [1.54, 1.807) is 6.26 Å². The number of hydrogen-bond donors (Lipinski definition) is 1. The van der Waals surface area contributed by atoms with Crippen LogP contribution in [0.4, 0.5) is 0 Å². The number of ether oxygens (including phenoxy) is 1. The van der Waals surface area contributed by atoms with Crippen LogP contribution in [0.15, 0.2) is 53.1 Å². The first-order valence-corrected chi connectivity index (χ1v) is 9.88. The molecule has 29 heavy (non-hydrogen) atoms. The van der Waals surface area contributed by atoms with Crippen molar-refractivity contribution in [2.75, 3.05) is 6.61 Å². The largest absolute Gasteiger partial charge is 0.464 e. The molecular weight excluding hydrogens is 366 g/mol. The summed E-state index contributed by atoms with van der Waals surface area (Å²) >= 11 is 0. The number of nitrogens with one attached hydrogen (secondary N) is 1. The Hall–Kier alpha value is -3.08. The molecule has 5 heteroatoms. The van der Waals surface area contributed by atoms with Gasteiger partial charge in [-0.3, -0.25) is 9.59 Å². The van der Waals surface area contributed by atoms with E-state index in [-0.39, 0.29) is 25.0 Å². The molecule has 1 amide bonds. The maximum atomic E-state index is 12.2. The highest BCUT2D eigenvalue weighted by molar-refractivity contribution is 5.87. The molecule has 1 heterocycles. The smallest absolute Gasteiger partial charge is 0.310 e. The fourth-order valence-corrected chi connectivity index (χ4v) is 3.24. The van der Waals surface area contributed by atoms with Gasteiger partial charge in [-0.2, -0.15) is 0 Å². The summed E-state index contributed by atoms with van der Waals surface area (Å²) in [4.78, 5) is 24.2. The van der Waals surface area contributed by atoms with Gasteiger partial charge >= 0.3 is 5.97 Å². The van der Waals surface area contributed by atoms with Crippen molar-refractivity contribution >= 4 is 22.8 Å². The molecule has 1 N–H and O–H groups in total. The van der Waals surface area contributed by atoms with E-state index in [2.05, 4.69) is 17.4 Å². The first-order chi connectivity index (χ1) is 13.9. The number of hydrogen-bond acceptors (Lipinski definition) is 4. The van der Waals surface area contributed by atoms with E-state index in [1.807, 2.05) is 51.1 Å². The highest BCUT2D eigenvalue weighted by atomic mass is 16.5. The minimum Gasteiger partial charge on any atom is -0.464 e. The van der Waals surface area contributed by atoms with Gasteiger partial charge in [-0.15, -0.1) is 0 Å². The van der Waals surface area contributed by atoms with Crippen LogP contribution in [0.3, 0.4) is 0 Å². The first-order valence-electron chi connectivity index (χ1n) is 9.88. The summed E-state index contributed by atoms with van der Waals surface area (Å²) in [6.45, 7) is 5.71. The monoisotopic (exact) mass is 393 g/mol. The summed E-state index contributed by atoms with van der Waals surface area (Å²) in [5.74, 6) is -0.736.